The molecule has 2 amide bonds. The first-order valence-corrected chi connectivity index (χ1v) is 12.3. The zero-order valence-electron chi connectivity index (χ0n) is 21.7. The molecule has 2 atom stereocenters. The predicted octanol–water partition coefficient (Wildman–Crippen LogP) is 4.47. The molecule has 0 spiro atoms. The van der Waals surface area contributed by atoms with Gasteiger partial charge in [-0.15, -0.1) is 0 Å². The Hall–Kier alpha value is -4.04. The number of carbonyl (C=O) groups is 3. The fraction of sp³-hybridized carbons (Fsp3) is 0.300. The quantitative estimate of drug-likeness (QED) is 0.327. The predicted molar refractivity (Wildman–Crippen MR) is 143 cm³/mol. The van der Waals surface area contributed by atoms with Gasteiger partial charge in [0.05, 0.1) is 12.5 Å². The summed E-state index contributed by atoms with van der Waals surface area (Å²) in [7, 11) is 1.38. The number of halogens is 1. The molecule has 0 aliphatic carbocycles. The molecule has 7 nitrogen and oxygen atoms in total. The molecule has 38 heavy (non-hydrogen) atoms. The van der Waals surface area contributed by atoms with Crippen LogP contribution in [0, 0.1) is 11.7 Å². The molecular formula is C30H33FN2O5. The van der Waals surface area contributed by atoms with Gasteiger partial charge in [0.25, 0.3) is 5.91 Å². The molecule has 3 aromatic carbocycles. The van der Waals surface area contributed by atoms with Gasteiger partial charge in [0, 0.05) is 18.2 Å². The van der Waals surface area contributed by atoms with E-state index in [-0.39, 0.29) is 18.8 Å². The van der Waals surface area contributed by atoms with Crippen molar-refractivity contribution in [2.45, 2.75) is 38.3 Å². The summed E-state index contributed by atoms with van der Waals surface area (Å²) in [4.78, 5) is 38.2. The number of ether oxygens (including phenoxy) is 1. The maximum absolute atomic E-state index is 13.4. The summed E-state index contributed by atoms with van der Waals surface area (Å²) in [6.45, 7) is 3.50. The van der Waals surface area contributed by atoms with Gasteiger partial charge in [-0.05, 0) is 67.6 Å². The molecule has 8 heteroatoms. The molecule has 0 saturated carbocycles. The van der Waals surface area contributed by atoms with Crippen molar-refractivity contribution in [3.63, 3.8) is 0 Å². The Morgan fingerprint density at radius 2 is 1.53 bits per heavy atom. The number of carboxylic acid groups (broad SMARTS) is 1. The Morgan fingerprint density at radius 1 is 0.921 bits per heavy atom. The van der Waals surface area contributed by atoms with Gasteiger partial charge in [-0.1, -0.05) is 54.6 Å². The van der Waals surface area contributed by atoms with Crippen molar-refractivity contribution in [1.82, 2.24) is 10.6 Å². The number of carbonyl (C=O) groups excluding carboxylic acids is 2. The largest absolute Gasteiger partial charge is 0.481 e. The highest BCUT2D eigenvalue weighted by atomic mass is 19.1. The van der Waals surface area contributed by atoms with Crippen molar-refractivity contribution in [1.29, 1.82) is 0 Å². The van der Waals surface area contributed by atoms with Crippen molar-refractivity contribution in [3.8, 4) is 11.1 Å². The zero-order valence-corrected chi connectivity index (χ0v) is 21.7. The van der Waals surface area contributed by atoms with E-state index in [0.29, 0.717) is 12.0 Å². The third kappa shape index (κ3) is 8.24. The van der Waals surface area contributed by atoms with Gasteiger partial charge >= 0.3 is 5.97 Å². The maximum atomic E-state index is 13.4. The summed E-state index contributed by atoms with van der Waals surface area (Å²) in [5, 5.41) is 15.2. The molecule has 0 saturated heterocycles. The molecule has 2 unspecified atom stereocenters. The number of methoxy groups -OCH3 is 1. The van der Waals surface area contributed by atoms with Crippen LogP contribution in [0.1, 0.15) is 36.2 Å². The summed E-state index contributed by atoms with van der Waals surface area (Å²) in [5.74, 6) is -3.50. The van der Waals surface area contributed by atoms with Crippen LogP contribution in [0.15, 0.2) is 78.9 Å². The molecule has 0 radical (unpaired) electrons. The number of rotatable bonds is 12. The summed E-state index contributed by atoms with van der Waals surface area (Å²) < 4.78 is 18.3. The number of amides is 2. The smallest absolute Gasteiger partial charge is 0.308 e. The first kappa shape index (κ1) is 28.5. The average molecular weight is 521 g/mol. The van der Waals surface area contributed by atoms with Gasteiger partial charge < -0.3 is 20.5 Å². The highest BCUT2D eigenvalue weighted by Crippen LogP contribution is 2.20. The fourth-order valence-corrected chi connectivity index (χ4v) is 4.22. The first-order valence-electron chi connectivity index (χ1n) is 12.3. The number of aliphatic carboxylic acids is 1. The molecule has 0 aliphatic heterocycles. The molecule has 3 N–H and O–H groups in total. The third-order valence-corrected chi connectivity index (χ3v) is 6.13. The number of hydrogen-bond donors (Lipinski definition) is 3. The molecule has 3 aromatic rings. The minimum absolute atomic E-state index is 0.111. The summed E-state index contributed by atoms with van der Waals surface area (Å²) in [6, 6.07) is 21.5. The fourth-order valence-electron chi connectivity index (χ4n) is 4.22. The second-order valence-corrected chi connectivity index (χ2v) is 9.87. The molecule has 0 heterocycles. The topological polar surface area (TPSA) is 105 Å². The van der Waals surface area contributed by atoms with Crippen LogP contribution in [0.2, 0.25) is 0 Å². The van der Waals surface area contributed by atoms with Crippen molar-refractivity contribution in [2.75, 3.05) is 13.7 Å². The first-order chi connectivity index (χ1) is 18.1. The lowest BCUT2D eigenvalue weighted by molar-refractivity contribution is -0.144. The second-order valence-electron chi connectivity index (χ2n) is 9.87. The normalized spacial score (nSPS) is 12.8. The van der Waals surface area contributed by atoms with Gasteiger partial charge in [-0.3, -0.25) is 14.4 Å². The number of nitrogens with one attached hydrogen (secondary N) is 2. The van der Waals surface area contributed by atoms with Gasteiger partial charge in [-0.25, -0.2) is 4.39 Å². The van der Waals surface area contributed by atoms with E-state index in [9.17, 15) is 23.9 Å². The molecule has 0 aromatic heterocycles. The summed E-state index contributed by atoms with van der Waals surface area (Å²) in [6.07, 6.45) is 0.247. The van der Waals surface area contributed by atoms with Crippen molar-refractivity contribution < 1.29 is 28.6 Å². The van der Waals surface area contributed by atoms with E-state index in [1.807, 2.05) is 42.5 Å². The minimum atomic E-state index is -1.13. The molecule has 3 rings (SSSR count). The summed E-state index contributed by atoms with van der Waals surface area (Å²) in [5.41, 5.74) is 2.34. The Balaban J connectivity index is 1.77. The van der Waals surface area contributed by atoms with E-state index >= 15 is 0 Å². The van der Waals surface area contributed by atoms with Crippen LogP contribution in [0.4, 0.5) is 4.39 Å². The van der Waals surface area contributed by atoms with Gasteiger partial charge in [0.2, 0.25) is 5.91 Å². The molecule has 0 fully saturated rings. The highest BCUT2D eigenvalue weighted by Gasteiger charge is 2.32. The van der Waals surface area contributed by atoms with Crippen LogP contribution in [0.5, 0.6) is 0 Å². The van der Waals surface area contributed by atoms with Crippen molar-refractivity contribution >= 4 is 17.8 Å². The Bertz CT molecular complexity index is 1230. The van der Waals surface area contributed by atoms with E-state index in [1.54, 1.807) is 38.1 Å². The standard InChI is InChI=1S/C30H33FN2O5/c1-30(2,18-20-9-15-25(31)16-10-20)33-28(35)26(17-24(19-38-3)29(36)37)32-27(34)23-13-11-22(12-14-23)21-7-5-4-6-8-21/h4-16,24,26H,17-19H2,1-3H3,(H,32,34)(H,33,35)(H,36,37). The molecular weight excluding hydrogens is 487 g/mol. The number of carboxylic acids is 1. The molecule has 0 aliphatic rings. The van der Waals surface area contributed by atoms with Crippen LogP contribution in [-0.4, -0.2) is 48.2 Å². The third-order valence-electron chi connectivity index (χ3n) is 6.13. The Kier molecular flexibility index (Phi) is 9.73. The van der Waals surface area contributed by atoms with Gasteiger partial charge in [-0.2, -0.15) is 0 Å². The van der Waals surface area contributed by atoms with E-state index in [1.165, 1.54) is 19.2 Å². The van der Waals surface area contributed by atoms with Crippen LogP contribution in [-0.2, 0) is 20.7 Å². The van der Waals surface area contributed by atoms with E-state index in [4.69, 9.17) is 4.74 Å². The number of hydrogen-bond acceptors (Lipinski definition) is 4. The highest BCUT2D eigenvalue weighted by molar-refractivity contribution is 5.98. The van der Waals surface area contributed by atoms with Crippen LogP contribution in [0.3, 0.4) is 0 Å². The lowest BCUT2D eigenvalue weighted by atomic mass is 9.93. The lowest BCUT2D eigenvalue weighted by Gasteiger charge is -2.30. The SMILES string of the molecule is COCC(CC(NC(=O)c1ccc(-c2ccccc2)cc1)C(=O)NC(C)(C)Cc1ccc(F)cc1)C(=O)O. The van der Waals surface area contributed by atoms with Crippen LogP contribution < -0.4 is 10.6 Å². The van der Waals surface area contributed by atoms with Crippen LogP contribution in [0.25, 0.3) is 11.1 Å². The average Bonchev–Trinajstić information content (AvgIpc) is 2.89. The van der Waals surface area contributed by atoms with E-state index in [2.05, 4.69) is 10.6 Å². The summed E-state index contributed by atoms with van der Waals surface area (Å²) >= 11 is 0. The monoisotopic (exact) mass is 520 g/mol. The molecule has 0 bridgehead atoms. The Labute approximate surface area is 222 Å². The maximum Gasteiger partial charge on any atom is 0.308 e. The Morgan fingerprint density at radius 3 is 2.11 bits per heavy atom. The van der Waals surface area contributed by atoms with Crippen LogP contribution >= 0.6 is 0 Å². The number of benzene rings is 3. The molecule has 200 valence electrons. The van der Waals surface area contributed by atoms with E-state index < -0.39 is 35.3 Å². The second kappa shape index (κ2) is 13.0. The van der Waals surface area contributed by atoms with Crippen molar-refractivity contribution in [3.05, 3.63) is 95.8 Å². The van der Waals surface area contributed by atoms with E-state index in [0.717, 1.165) is 16.7 Å². The zero-order chi connectivity index (χ0) is 27.7. The van der Waals surface area contributed by atoms with Crippen molar-refractivity contribution in [2.24, 2.45) is 5.92 Å². The minimum Gasteiger partial charge on any atom is -0.481 e. The van der Waals surface area contributed by atoms with Gasteiger partial charge in [0.15, 0.2) is 0 Å². The van der Waals surface area contributed by atoms with Gasteiger partial charge in [0.1, 0.15) is 11.9 Å². The lowest BCUT2D eigenvalue weighted by Crippen LogP contribution is -2.55.